The molecule has 0 saturated carbocycles. The van der Waals surface area contributed by atoms with Crippen LogP contribution in [0.3, 0.4) is 0 Å². The SMILES string of the molecule is CC(CCO)CNC(=O)C1CCN(C(=O)C(C)C)CC1. The molecule has 1 aliphatic rings. The molecule has 0 spiro atoms. The third-order valence-corrected chi connectivity index (χ3v) is 3.92. The fourth-order valence-corrected chi connectivity index (χ4v) is 2.47. The summed E-state index contributed by atoms with van der Waals surface area (Å²) in [6.45, 7) is 7.97. The van der Waals surface area contributed by atoms with E-state index in [1.807, 2.05) is 25.7 Å². The highest BCUT2D eigenvalue weighted by atomic mass is 16.3. The van der Waals surface area contributed by atoms with E-state index in [-0.39, 0.29) is 30.3 Å². The largest absolute Gasteiger partial charge is 0.396 e. The molecular formula is C15H28N2O3. The molecular weight excluding hydrogens is 256 g/mol. The molecule has 1 aliphatic heterocycles. The predicted octanol–water partition coefficient (Wildman–Crippen LogP) is 1.02. The van der Waals surface area contributed by atoms with Crippen molar-refractivity contribution in [2.75, 3.05) is 26.2 Å². The van der Waals surface area contributed by atoms with Crippen LogP contribution in [0.2, 0.25) is 0 Å². The molecule has 1 atom stereocenters. The van der Waals surface area contributed by atoms with Crippen molar-refractivity contribution in [1.29, 1.82) is 0 Å². The van der Waals surface area contributed by atoms with Gasteiger partial charge in [0.2, 0.25) is 11.8 Å². The Hall–Kier alpha value is -1.10. The van der Waals surface area contributed by atoms with Crippen LogP contribution in [0.5, 0.6) is 0 Å². The maximum atomic E-state index is 12.0. The molecule has 2 N–H and O–H groups in total. The molecule has 1 fully saturated rings. The van der Waals surface area contributed by atoms with Crippen molar-refractivity contribution in [1.82, 2.24) is 10.2 Å². The summed E-state index contributed by atoms with van der Waals surface area (Å²) in [5.41, 5.74) is 0. The van der Waals surface area contributed by atoms with Crippen molar-refractivity contribution in [3.8, 4) is 0 Å². The zero-order valence-corrected chi connectivity index (χ0v) is 12.9. The summed E-state index contributed by atoms with van der Waals surface area (Å²) < 4.78 is 0. The molecule has 116 valence electrons. The number of rotatable bonds is 6. The van der Waals surface area contributed by atoms with Crippen molar-refractivity contribution in [2.24, 2.45) is 17.8 Å². The minimum absolute atomic E-state index is 0.0209. The lowest BCUT2D eigenvalue weighted by Crippen LogP contribution is -2.44. The molecule has 1 saturated heterocycles. The van der Waals surface area contributed by atoms with Gasteiger partial charge in [-0.25, -0.2) is 0 Å². The maximum absolute atomic E-state index is 12.0. The van der Waals surface area contributed by atoms with Gasteiger partial charge < -0.3 is 15.3 Å². The monoisotopic (exact) mass is 284 g/mol. The topological polar surface area (TPSA) is 69.6 Å². The number of likely N-dealkylation sites (tertiary alicyclic amines) is 1. The van der Waals surface area contributed by atoms with Crippen LogP contribution >= 0.6 is 0 Å². The number of nitrogens with zero attached hydrogens (tertiary/aromatic N) is 1. The highest BCUT2D eigenvalue weighted by Crippen LogP contribution is 2.19. The van der Waals surface area contributed by atoms with Crippen LogP contribution in [0.15, 0.2) is 0 Å². The second-order valence-corrected chi connectivity index (χ2v) is 6.12. The van der Waals surface area contributed by atoms with Gasteiger partial charge in [0.05, 0.1) is 0 Å². The van der Waals surface area contributed by atoms with Gasteiger partial charge in [-0.1, -0.05) is 20.8 Å². The lowest BCUT2D eigenvalue weighted by molar-refractivity contribution is -0.138. The van der Waals surface area contributed by atoms with Crippen molar-refractivity contribution >= 4 is 11.8 Å². The third kappa shape index (κ3) is 5.12. The third-order valence-electron chi connectivity index (χ3n) is 3.92. The Bertz CT molecular complexity index is 323. The van der Waals surface area contributed by atoms with Crippen LogP contribution in [0.4, 0.5) is 0 Å². The summed E-state index contributed by atoms with van der Waals surface area (Å²) in [6.07, 6.45) is 2.21. The molecule has 0 aromatic rings. The smallest absolute Gasteiger partial charge is 0.225 e. The quantitative estimate of drug-likeness (QED) is 0.765. The number of hydrogen-bond acceptors (Lipinski definition) is 3. The summed E-state index contributed by atoms with van der Waals surface area (Å²) in [7, 11) is 0. The number of carbonyl (C=O) groups excluding carboxylic acids is 2. The second kappa shape index (κ2) is 8.25. The lowest BCUT2D eigenvalue weighted by Gasteiger charge is -2.32. The zero-order valence-electron chi connectivity index (χ0n) is 12.9. The van der Waals surface area contributed by atoms with Crippen LogP contribution in [-0.4, -0.2) is 48.1 Å². The average molecular weight is 284 g/mol. The van der Waals surface area contributed by atoms with Crippen molar-refractivity contribution in [2.45, 2.75) is 40.0 Å². The molecule has 1 unspecified atom stereocenters. The minimum atomic E-state index is 0.0209. The van der Waals surface area contributed by atoms with E-state index < -0.39 is 0 Å². The van der Waals surface area contributed by atoms with E-state index in [1.165, 1.54) is 0 Å². The van der Waals surface area contributed by atoms with Gasteiger partial charge in [0.25, 0.3) is 0 Å². The predicted molar refractivity (Wildman–Crippen MR) is 78.0 cm³/mol. The van der Waals surface area contributed by atoms with Gasteiger partial charge in [0.15, 0.2) is 0 Å². The molecule has 5 nitrogen and oxygen atoms in total. The van der Waals surface area contributed by atoms with Crippen LogP contribution in [-0.2, 0) is 9.59 Å². The van der Waals surface area contributed by atoms with E-state index in [0.717, 1.165) is 12.8 Å². The number of amides is 2. The molecule has 0 radical (unpaired) electrons. The van der Waals surface area contributed by atoms with Gasteiger partial charge in [-0.2, -0.15) is 0 Å². The first-order valence-corrected chi connectivity index (χ1v) is 7.63. The molecule has 5 heteroatoms. The first-order valence-electron chi connectivity index (χ1n) is 7.63. The highest BCUT2D eigenvalue weighted by molar-refractivity contribution is 5.80. The van der Waals surface area contributed by atoms with E-state index in [0.29, 0.717) is 32.0 Å². The number of aliphatic hydroxyl groups excluding tert-OH is 1. The first kappa shape index (κ1) is 17.0. The molecule has 0 aliphatic carbocycles. The summed E-state index contributed by atoms with van der Waals surface area (Å²) in [5, 5.41) is 11.8. The van der Waals surface area contributed by atoms with E-state index in [4.69, 9.17) is 5.11 Å². The molecule has 0 bridgehead atoms. The van der Waals surface area contributed by atoms with Gasteiger partial charge >= 0.3 is 0 Å². The van der Waals surface area contributed by atoms with Gasteiger partial charge in [-0.15, -0.1) is 0 Å². The van der Waals surface area contributed by atoms with E-state index in [2.05, 4.69) is 5.32 Å². The summed E-state index contributed by atoms with van der Waals surface area (Å²) in [4.78, 5) is 25.8. The molecule has 1 heterocycles. The Labute approximate surface area is 121 Å². The number of nitrogens with one attached hydrogen (secondary N) is 1. The Morgan fingerprint density at radius 1 is 1.25 bits per heavy atom. The Morgan fingerprint density at radius 2 is 1.85 bits per heavy atom. The number of aliphatic hydroxyl groups is 1. The lowest BCUT2D eigenvalue weighted by atomic mass is 9.95. The average Bonchev–Trinajstić information content (AvgIpc) is 2.44. The number of hydrogen-bond donors (Lipinski definition) is 2. The normalized spacial score (nSPS) is 18.1. The van der Waals surface area contributed by atoms with Crippen LogP contribution in [0, 0.1) is 17.8 Å². The Kier molecular flexibility index (Phi) is 6.99. The summed E-state index contributed by atoms with van der Waals surface area (Å²) in [5.74, 6) is 0.616. The fourth-order valence-electron chi connectivity index (χ4n) is 2.47. The first-order chi connectivity index (χ1) is 9.45. The minimum Gasteiger partial charge on any atom is -0.396 e. The van der Waals surface area contributed by atoms with Crippen molar-refractivity contribution < 1.29 is 14.7 Å². The van der Waals surface area contributed by atoms with Crippen LogP contribution < -0.4 is 5.32 Å². The standard InChI is InChI=1S/C15H28N2O3/c1-11(2)15(20)17-7-4-13(5-8-17)14(19)16-10-12(3)6-9-18/h11-13,18H,4-10H2,1-3H3,(H,16,19). The number of piperidine rings is 1. The summed E-state index contributed by atoms with van der Waals surface area (Å²) >= 11 is 0. The van der Waals surface area contributed by atoms with E-state index >= 15 is 0 Å². The molecule has 1 rings (SSSR count). The number of carbonyl (C=O) groups is 2. The molecule has 0 aromatic carbocycles. The van der Waals surface area contributed by atoms with Crippen LogP contribution in [0.1, 0.15) is 40.0 Å². The molecule has 2 amide bonds. The van der Waals surface area contributed by atoms with E-state index in [9.17, 15) is 9.59 Å². The maximum Gasteiger partial charge on any atom is 0.225 e. The zero-order chi connectivity index (χ0) is 15.1. The van der Waals surface area contributed by atoms with Gasteiger partial charge in [-0.05, 0) is 25.2 Å². The van der Waals surface area contributed by atoms with Gasteiger partial charge in [0, 0.05) is 38.1 Å². The molecule has 20 heavy (non-hydrogen) atoms. The Balaban J connectivity index is 2.30. The van der Waals surface area contributed by atoms with Gasteiger partial charge in [0.1, 0.15) is 0 Å². The highest BCUT2D eigenvalue weighted by Gasteiger charge is 2.28. The van der Waals surface area contributed by atoms with Crippen LogP contribution in [0.25, 0.3) is 0 Å². The Morgan fingerprint density at radius 3 is 2.35 bits per heavy atom. The second-order valence-electron chi connectivity index (χ2n) is 6.12. The van der Waals surface area contributed by atoms with E-state index in [1.54, 1.807) is 0 Å². The summed E-state index contributed by atoms with van der Waals surface area (Å²) in [6, 6.07) is 0. The van der Waals surface area contributed by atoms with Gasteiger partial charge in [-0.3, -0.25) is 9.59 Å². The molecule has 0 aromatic heterocycles. The van der Waals surface area contributed by atoms with Crippen molar-refractivity contribution in [3.63, 3.8) is 0 Å². The van der Waals surface area contributed by atoms with Crippen molar-refractivity contribution in [3.05, 3.63) is 0 Å². The fraction of sp³-hybridized carbons (Fsp3) is 0.867.